The summed E-state index contributed by atoms with van der Waals surface area (Å²) >= 11 is 0. The van der Waals surface area contributed by atoms with Gasteiger partial charge in [0.15, 0.2) is 5.96 Å². The minimum Gasteiger partial charge on any atom is -0.496 e. The molecular weight excluding hydrogens is 479 g/mol. The first-order valence-corrected chi connectivity index (χ1v) is 9.35. The van der Waals surface area contributed by atoms with E-state index in [1.165, 1.54) is 5.56 Å². The molecule has 3 rings (SSSR count). The fourth-order valence-electron chi connectivity index (χ4n) is 2.73. The summed E-state index contributed by atoms with van der Waals surface area (Å²) in [5.74, 6) is 2.17. The van der Waals surface area contributed by atoms with E-state index in [0.717, 1.165) is 29.1 Å². The highest BCUT2D eigenvalue weighted by atomic mass is 127. The van der Waals surface area contributed by atoms with Crippen LogP contribution in [0.2, 0.25) is 0 Å². The number of hydrogen-bond acceptors (Lipinski definition) is 4. The van der Waals surface area contributed by atoms with Gasteiger partial charge in [0.2, 0.25) is 5.89 Å². The number of benzene rings is 2. The summed E-state index contributed by atoms with van der Waals surface area (Å²) in [6.07, 6.45) is 1.67. The molecule has 3 aromatic rings. The molecule has 2 N–H and O–H groups in total. The highest BCUT2D eigenvalue weighted by Crippen LogP contribution is 2.19. The van der Waals surface area contributed by atoms with E-state index in [1.54, 1.807) is 13.4 Å². The molecule has 0 spiro atoms. The summed E-state index contributed by atoms with van der Waals surface area (Å²) < 4.78 is 11.0. The maximum atomic E-state index is 5.61. The van der Waals surface area contributed by atoms with Crippen LogP contribution >= 0.6 is 24.0 Å². The summed E-state index contributed by atoms with van der Waals surface area (Å²) in [6.45, 7) is 5.90. The quantitative estimate of drug-likeness (QED) is 0.280. The second kappa shape index (κ2) is 11.5. The zero-order valence-electron chi connectivity index (χ0n) is 16.9. The largest absolute Gasteiger partial charge is 0.496 e. The zero-order chi connectivity index (χ0) is 19.8. The molecule has 6 nitrogen and oxygen atoms in total. The van der Waals surface area contributed by atoms with Gasteiger partial charge in [-0.15, -0.1) is 24.0 Å². The minimum atomic E-state index is 0. The van der Waals surface area contributed by atoms with Crippen molar-refractivity contribution in [2.24, 2.45) is 4.99 Å². The smallest absolute Gasteiger partial charge is 0.226 e. The number of para-hydroxylation sites is 1. The monoisotopic (exact) mass is 506 g/mol. The SMILES string of the molecule is CCNC(=NCc1ccccc1OC)NCc1coc(-c2ccc(C)cc2)n1.I. The van der Waals surface area contributed by atoms with Gasteiger partial charge < -0.3 is 19.8 Å². The molecule has 0 atom stereocenters. The highest BCUT2D eigenvalue weighted by Gasteiger charge is 2.08. The van der Waals surface area contributed by atoms with Crippen molar-refractivity contribution in [2.45, 2.75) is 26.9 Å². The number of hydrogen-bond donors (Lipinski definition) is 2. The lowest BCUT2D eigenvalue weighted by Gasteiger charge is -2.11. The summed E-state index contributed by atoms with van der Waals surface area (Å²) in [5, 5.41) is 6.54. The number of halogens is 1. The van der Waals surface area contributed by atoms with E-state index in [0.29, 0.717) is 24.9 Å². The van der Waals surface area contributed by atoms with Crippen molar-refractivity contribution in [1.29, 1.82) is 0 Å². The van der Waals surface area contributed by atoms with Gasteiger partial charge in [-0.25, -0.2) is 9.98 Å². The molecule has 0 amide bonds. The van der Waals surface area contributed by atoms with Gasteiger partial charge in [-0.05, 0) is 32.0 Å². The zero-order valence-corrected chi connectivity index (χ0v) is 19.3. The first-order chi connectivity index (χ1) is 13.7. The fourth-order valence-corrected chi connectivity index (χ4v) is 2.73. The van der Waals surface area contributed by atoms with E-state index in [1.807, 2.05) is 55.5 Å². The van der Waals surface area contributed by atoms with Crippen LogP contribution in [-0.2, 0) is 13.1 Å². The number of aliphatic imine (C=N–C) groups is 1. The summed E-state index contributed by atoms with van der Waals surface area (Å²) in [7, 11) is 1.67. The van der Waals surface area contributed by atoms with Crippen LogP contribution in [0.25, 0.3) is 11.5 Å². The number of aryl methyl sites for hydroxylation is 1. The number of nitrogens with one attached hydrogen (secondary N) is 2. The van der Waals surface area contributed by atoms with Gasteiger partial charge in [0.05, 0.1) is 25.9 Å². The van der Waals surface area contributed by atoms with Crippen LogP contribution in [0.15, 0.2) is 64.2 Å². The van der Waals surface area contributed by atoms with Gasteiger partial charge in [0, 0.05) is 17.7 Å². The molecular formula is C22H27IN4O2. The Hall–Kier alpha value is -2.55. The number of ether oxygens (including phenoxy) is 1. The van der Waals surface area contributed by atoms with Crippen molar-refractivity contribution in [3.05, 3.63) is 71.6 Å². The minimum absolute atomic E-state index is 0. The van der Waals surface area contributed by atoms with Crippen LogP contribution in [-0.4, -0.2) is 24.6 Å². The van der Waals surface area contributed by atoms with Gasteiger partial charge in [0.25, 0.3) is 0 Å². The Morgan fingerprint density at radius 1 is 1.10 bits per heavy atom. The van der Waals surface area contributed by atoms with E-state index in [2.05, 4.69) is 27.5 Å². The maximum absolute atomic E-state index is 5.61. The lowest BCUT2D eigenvalue weighted by atomic mass is 10.1. The summed E-state index contributed by atoms with van der Waals surface area (Å²) in [6, 6.07) is 16.0. The number of methoxy groups -OCH3 is 1. The van der Waals surface area contributed by atoms with Crippen molar-refractivity contribution in [2.75, 3.05) is 13.7 Å². The summed E-state index contributed by atoms with van der Waals surface area (Å²) in [4.78, 5) is 9.19. The number of oxazole rings is 1. The second-order valence-corrected chi connectivity index (χ2v) is 6.37. The molecule has 7 heteroatoms. The third-order valence-electron chi connectivity index (χ3n) is 4.23. The molecule has 0 aliphatic carbocycles. The molecule has 0 saturated carbocycles. The number of guanidine groups is 1. The van der Waals surface area contributed by atoms with Crippen LogP contribution in [0, 0.1) is 6.92 Å². The Bertz CT molecular complexity index is 923. The number of aromatic nitrogens is 1. The Labute approximate surface area is 188 Å². The van der Waals surface area contributed by atoms with E-state index >= 15 is 0 Å². The molecule has 0 aliphatic heterocycles. The Balaban J connectivity index is 0.00000300. The molecule has 1 aromatic heterocycles. The van der Waals surface area contributed by atoms with Crippen LogP contribution in [0.3, 0.4) is 0 Å². The highest BCUT2D eigenvalue weighted by molar-refractivity contribution is 14.0. The van der Waals surface area contributed by atoms with Gasteiger partial charge in [-0.1, -0.05) is 35.9 Å². The van der Waals surface area contributed by atoms with Crippen molar-refractivity contribution in [3.8, 4) is 17.2 Å². The lowest BCUT2D eigenvalue weighted by Crippen LogP contribution is -2.36. The van der Waals surface area contributed by atoms with Gasteiger partial charge >= 0.3 is 0 Å². The molecule has 154 valence electrons. The predicted molar refractivity (Wildman–Crippen MR) is 127 cm³/mol. The van der Waals surface area contributed by atoms with Gasteiger partial charge in [-0.3, -0.25) is 0 Å². The number of rotatable bonds is 7. The number of nitrogens with zero attached hydrogens (tertiary/aromatic N) is 2. The molecule has 0 aliphatic rings. The predicted octanol–water partition coefficient (Wildman–Crippen LogP) is 4.53. The van der Waals surface area contributed by atoms with Crippen molar-refractivity contribution < 1.29 is 9.15 Å². The molecule has 0 bridgehead atoms. The van der Waals surface area contributed by atoms with Gasteiger partial charge in [-0.2, -0.15) is 0 Å². The molecule has 0 unspecified atom stereocenters. The maximum Gasteiger partial charge on any atom is 0.226 e. The average Bonchev–Trinajstić information content (AvgIpc) is 3.20. The van der Waals surface area contributed by atoms with Crippen LogP contribution in [0.1, 0.15) is 23.7 Å². The first-order valence-electron chi connectivity index (χ1n) is 9.35. The fraction of sp³-hybridized carbons (Fsp3) is 0.273. The molecule has 2 aromatic carbocycles. The van der Waals surface area contributed by atoms with E-state index in [-0.39, 0.29) is 24.0 Å². The first kappa shape index (κ1) is 22.7. The normalized spacial score (nSPS) is 10.9. The lowest BCUT2D eigenvalue weighted by molar-refractivity contribution is 0.410. The average molecular weight is 506 g/mol. The molecule has 0 saturated heterocycles. The van der Waals surface area contributed by atoms with Crippen molar-refractivity contribution in [3.63, 3.8) is 0 Å². The molecule has 0 radical (unpaired) electrons. The van der Waals surface area contributed by atoms with Crippen molar-refractivity contribution >= 4 is 29.9 Å². The standard InChI is InChI=1S/C22H26N4O2.HI/c1-4-23-22(24-13-18-7-5-6-8-20(18)27-3)25-14-19-15-28-21(26-19)17-11-9-16(2)10-12-17;/h5-12,15H,4,13-14H2,1-3H3,(H2,23,24,25);1H. The van der Waals surface area contributed by atoms with Crippen LogP contribution < -0.4 is 15.4 Å². The third-order valence-corrected chi connectivity index (χ3v) is 4.23. The van der Waals surface area contributed by atoms with E-state index < -0.39 is 0 Å². The Morgan fingerprint density at radius 2 is 1.86 bits per heavy atom. The van der Waals surface area contributed by atoms with Gasteiger partial charge in [0.1, 0.15) is 12.0 Å². The Morgan fingerprint density at radius 3 is 2.59 bits per heavy atom. The molecule has 1 heterocycles. The topological polar surface area (TPSA) is 71.7 Å². The molecule has 0 fully saturated rings. The van der Waals surface area contributed by atoms with Crippen molar-refractivity contribution in [1.82, 2.24) is 15.6 Å². The van der Waals surface area contributed by atoms with Crippen LogP contribution in [0.4, 0.5) is 0 Å². The van der Waals surface area contributed by atoms with E-state index in [9.17, 15) is 0 Å². The second-order valence-electron chi connectivity index (χ2n) is 6.37. The Kier molecular flexibility index (Phi) is 8.98. The third kappa shape index (κ3) is 6.49. The van der Waals surface area contributed by atoms with Crippen LogP contribution in [0.5, 0.6) is 5.75 Å². The summed E-state index contributed by atoms with van der Waals surface area (Å²) in [5.41, 5.74) is 4.02. The van der Waals surface area contributed by atoms with E-state index in [4.69, 9.17) is 9.15 Å². The molecule has 29 heavy (non-hydrogen) atoms.